The Hall–Kier alpha value is -1.93. The van der Waals surface area contributed by atoms with Crippen LogP contribution in [-0.2, 0) is 9.53 Å². The number of carbonyl (C=O) groups is 1. The van der Waals surface area contributed by atoms with Crippen molar-refractivity contribution >= 4 is 17.7 Å². The molecular weight excluding hydrogens is 182 g/mol. The van der Waals surface area contributed by atoms with E-state index in [1.165, 1.54) is 13.2 Å². The Bertz CT molecular complexity index is 406. The van der Waals surface area contributed by atoms with Crippen LogP contribution < -0.4 is 0 Å². The molecule has 14 heavy (non-hydrogen) atoms. The second-order valence-electron chi connectivity index (χ2n) is 2.72. The molecule has 1 rings (SSSR count). The first-order valence-electron chi connectivity index (χ1n) is 3.96. The number of ether oxygens (including phenoxy) is 1. The van der Waals surface area contributed by atoms with Gasteiger partial charge < -0.3 is 4.74 Å². The van der Waals surface area contributed by atoms with Crippen LogP contribution in [0, 0.1) is 6.92 Å². The molecule has 0 N–H and O–H groups in total. The lowest BCUT2D eigenvalue weighted by Crippen LogP contribution is -2.01. The van der Waals surface area contributed by atoms with Gasteiger partial charge in [0.25, 0.3) is 0 Å². The molecule has 4 nitrogen and oxygen atoms in total. The summed E-state index contributed by atoms with van der Waals surface area (Å²) in [6.07, 6.45) is 1.39. The lowest BCUT2D eigenvalue weighted by atomic mass is 10.1. The molecule has 0 aliphatic rings. The summed E-state index contributed by atoms with van der Waals surface area (Å²) < 4.78 is 4.55. The molecule has 0 aliphatic carbocycles. The first-order valence-corrected chi connectivity index (χ1v) is 3.96. The number of aliphatic imine (C=N–C) groups is 1. The van der Waals surface area contributed by atoms with Crippen LogP contribution in [0.3, 0.4) is 0 Å². The smallest absolute Gasteiger partial charge is 0.340 e. The van der Waals surface area contributed by atoms with E-state index in [1.807, 2.05) is 6.92 Å². The number of rotatable bonds is 2. The summed E-state index contributed by atoms with van der Waals surface area (Å²) >= 11 is 0. The summed E-state index contributed by atoms with van der Waals surface area (Å²) in [4.78, 5) is 24.7. The molecule has 0 fully saturated rings. The van der Waals surface area contributed by atoms with Crippen LogP contribution in [-0.4, -0.2) is 19.2 Å². The maximum absolute atomic E-state index is 11.2. The average Bonchev–Trinajstić information content (AvgIpc) is 2.20. The standard InChI is InChI=1S/C10H9NO3/c1-7-3-4-9(11-6-12)8(5-7)10(13)14-2/h3-5H,1-2H3. The van der Waals surface area contributed by atoms with E-state index in [-0.39, 0.29) is 11.3 Å². The van der Waals surface area contributed by atoms with E-state index in [2.05, 4.69) is 9.73 Å². The summed E-state index contributed by atoms with van der Waals surface area (Å²) in [6.45, 7) is 1.83. The second kappa shape index (κ2) is 4.35. The van der Waals surface area contributed by atoms with Gasteiger partial charge in [-0.05, 0) is 19.1 Å². The molecule has 0 aliphatic heterocycles. The van der Waals surface area contributed by atoms with E-state index in [0.717, 1.165) is 5.56 Å². The minimum Gasteiger partial charge on any atom is -0.465 e. The predicted octanol–water partition coefficient (Wildman–Crippen LogP) is 1.75. The van der Waals surface area contributed by atoms with Crippen molar-refractivity contribution in [2.75, 3.05) is 7.11 Å². The Morgan fingerprint density at radius 1 is 1.50 bits per heavy atom. The second-order valence-corrected chi connectivity index (χ2v) is 2.72. The Balaban J connectivity index is 3.28. The van der Waals surface area contributed by atoms with Crippen molar-refractivity contribution in [2.45, 2.75) is 6.92 Å². The number of hydrogen-bond donors (Lipinski definition) is 0. The monoisotopic (exact) mass is 191 g/mol. The fourth-order valence-corrected chi connectivity index (χ4v) is 1.07. The predicted molar refractivity (Wildman–Crippen MR) is 50.3 cm³/mol. The number of isocyanates is 1. The third-order valence-electron chi connectivity index (χ3n) is 1.72. The van der Waals surface area contributed by atoms with Gasteiger partial charge in [0.2, 0.25) is 6.08 Å². The number of aryl methyl sites for hydroxylation is 1. The zero-order valence-corrected chi connectivity index (χ0v) is 7.90. The molecule has 0 heterocycles. The van der Waals surface area contributed by atoms with Crippen molar-refractivity contribution in [3.63, 3.8) is 0 Å². The minimum atomic E-state index is -0.511. The first kappa shape index (κ1) is 10.2. The van der Waals surface area contributed by atoms with Gasteiger partial charge in [0.05, 0.1) is 18.4 Å². The maximum Gasteiger partial charge on any atom is 0.340 e. The molecule has 72 valence electrons. The zero-order valence-electron chi connectivity index (χ0n) is 7.90. The highest BCUT2D eigenvalue weighted by molar-refractivity contribution is 5.95. The minimum absolute atomic E-state index is 0.274. The molecule has 1 aromatic rings. The largest absolute Gasteiger partial charge is 0.465 e. The van der Waals surface area contributed by atoms with Crippen LogP contribution >= 0.6 is 0 Å². The molecule has 0 atom stereocenters. The summed E-state index contributed by atoms with van der Waals surface area (Å²) in [5.74, 6) is -0.511. The highest BCUT2D eigenvalue weighted by atomic mass is 16.5. The summed E-state index contributed by atoms with van der Waals surface area (Å²) in [7, 11) is 1.28. The lowest BCUT2D eigenvalue weighted by molar-refractivity contribution is 0.0601. The van der Waals surface area contributed by atoms with E-state index in [1.54, 1.807) is 18.2 Å². The number of esters is 1. The molecule has 4 heteroatoms. The normalized spacial score (nSPS) is 9.00. The maximum atomic E-state index is 11.2. The van der Waals surface area contributed by atoms with Crippen LogP contribution in [0.1, 0.15) is 15.9 Å². The fourth-order valence-electron chi connectivity index (χ4n) is 1.07. The van der Waals surface area contributed by atoms with E-state index >= 15 is 0 Å². The van der Waals surface area contributed by atoms with Crippen LogP contribution in [0.2, 0.25) is 0 Å². The fraction of sp³-hybridized carbons (Fsp3) is 0.200. The highest BCUT2D eigenvalue weighted by Crippen LogP contribution is 2.20. The van der Waals surface area contributed by atoms with Crippen molar-refractivity contribution < 1.29 is 14.3 Å². The van der Waals surface area contributed by atoms with Gasteiger partial charge in [-0.2, -0.15) is 4.99 Å². The van der Waals surface area contributed by atoms with Crippen LogP contribution in [0.4, 0.5) is 5.69 Å². The van der Waals surface area contributed by atoms with Gasteiger partial charge in [0.1, 0.15) is 0 Å². The Morgan fingerprint density at radius 2 is 2.21 bits per heavy atom. The van der Waals surface area contributed by atoms with Gasteiger partial charge in [0, 0.05) is 0 Å². The first-order chi connectivity index (χ1) is 6.69. The molecule has 1 aromatic carbocycles. The zero-order chi connectivity index (χ0) is 10.6. The van der Waals surface area contributed by atoms with Crippen LogP contribution in [0.5, 0.6) is 0 Å². The van der Waals surface area contributed by atoms with Gasteiger partial charge in [0.15, 0.2) is 0 Å². The molecule has 0 radical (unpaired) electrons. The van der Waals surface area contributed by atoms with Crippen molar-refractivity contribution in [2.24, 2.45) is 4.99 Å². The van der Waals surface area contributed by atoms with E-state index < -0.39 is 5.97 Å². The van der Waals surface area contributed by atoms with Gasteiger partial charge >= 0.3 is 5.97 Å². The Morgan fingerprint density at radius 3 is 2.79 bits per heavy atom. The molecule has 0 saturated carbocycles. The number of methoxy groups -OCH3 is 1. The molecule has 0 bridgehead atoms. The van der Waals surface area contributed by atoms with Crippen molar-refractivity contribution in [1.29, 1.82) is 0 Å². The molecule has 0 aromatic heterocycles. The molecule has 0 saturated heterocycles. The summed E-state index contributed by atoms with van der Waals surface area (Å²) in [5.41, 5.74) is 1.45. The topological polar surface area (TPSA) is 55.7 Å². The number of hydrogen-bond acceptors (Lipinski definition) is 4. The van der Waals surface area contributed by atoms with E-state index in [0.29, 0.717) is 0 Å². The highest BCUT2D eigenvalue weighted by Gasteiger charge is 2.11. The summed E-state index contributed by atoms with van der Waals surface area (Å²) in [5, 5.41) is 0. The van der Waals surface area contributed by atoms with Gasteiger partial charge in [-0.15, -0.1) is 0 Å². The van der Waals surface area contributed by atoms with E-state index in [4.69, 9.17) is 0 Å². The van der Waals surface area contributed by atoms with Crippen molar-refractivity contribution in [1.82, 2.24) is 0 Å². The van der Waals surface area contributed by atoms with Gasteiger partial charge in [-0.1, -0.05) is 11.6 Å². The molecule has 0 amide bonds. The SMILES string of the molecule is COC(=O)c1cc(C)ccc1N=C=O. The lowest BCUT2D eigenvalue weighted by Gasteiger charge is -2.02. The van der Waals surface area contributed by atoms with Crippen molar-refractivity contribution in [3.8, 4) is 0 Å². The Kier molecular flexibility index (Phi) is 3.15. The van der Waals surface area contributed by atoms with Crippen LogP contribution in [0.15, 0.2) is 23.2 Å². The van der Waals surface area contributed by atoms with Crippen molar-refractivity contribution in [3.05, 3.63) is 29.3 Å². The molecule has 0 spiro atoms. The molecule has 0 unspecified atom stereocenters. The third-order valence-corrected chi connectivity index (χ3v) is 1.72. The van der Waals surface area contributed by atoms with Gasteiger partial charge in [-0.25, -0.2) is 9.59 Å². The third kappa shape index (κ3) is 2.06. The average molecular weight is 191 g/mol. The number of carbonyl (C=O) groups excluding carboxylic acids is 2. The number of benzene rings is 1. The van der Waals surface area contributed by atoms with E-state index in [9.17, 15) is 9.59 Å². The summed E-state index contributed by atoms with van der Waals surface area (Å²) in [6, 6.07) is 4.94. The van der Waals surface area contributed by atoms with Gasteiger partial charge in [-0.3, -0.25) is 0 Å². The quantitative estimate of drug-likeness (QED) is 0.406. The number of nitrogens with zero attached hydrogens (tertiary/aromatic N) is 1. The van der Waals surface area contributed by atoms with Crippen LogP contribution in [0.25, 0.3) is 0 Å². The molecular formula is C10H9NO3. The Labute approximate surface area is 81.2 Å².